The summed E-state index contributed by atoms with van der Waals surface area (Å²) in [5.74, 6) is 0. The van der Waals surface area contributed by atoms with Crippen LogP contribution in [0.25, 0.3) is 0 Å². The second-order valence-corrected chi connectivity index (χ2v) is 7.12. The molecule has 0 aliphatic carbocycles. The number of benzene rings is 1. The van der Waals surface area contributed by atoms with E-state index in [-0.39, 0.29) is 0 Å². The van der Waals surface area contributed by atoms with Gasteiger partial charge >= 0.3 is 0 Å². The molecular weight excluding hydrogens is 246 g/mol. The monoisotopic (exact) mass is 275 g/mol. The van der Waals surface area contributed by atoms with Gasteiger partial charge in [-0.05, 0) is 47.9 Å². The van der Waals surface area contributed by atoms with Crippen LogP contribution < -0.4 is 5.32 Å². The molecule has 1 heterocycles. The summed E-state index contributed by atoms with van der Waals surface area (Å²) in [7, 11) is 0. The molecule has 0 aromatic heterocycles. The fourth-order valence-corrected chi connectivity index (χ4v) is 2.69. The molecule has 1 aromatic rings. The van der Waals surface area contributed by atoms with Crippen LogP contribution in [-0.4, -0.2) is 12.6 Å². The van der Waals surface area contributed by atoms with E-state index in [1.165, 1.54) is 36.0 Å². The molecule has 1 aromatic carbocycles. The number of aryl methyl sites for hydroxylation is 1. The van der Waals surface area contributed by atoms with Crippen molar-refractivity contribution in [3.8, 4) is 0 Å². The van der Waals surface area contributed by atoms with Crippen molar-refractivity contribution in [1.82, 2.24) is 5.32 Å². The van der Waals surface area contributed by atoms with Gasteiger partial charge in [0.15, 0.2) is 0 Å². The van der Waals surface area contributed by atoms with Crippen LogP contribution in [0.3, 0.4) is 0 Å². The first kappa shape index (κ1) is 15.5. The number of nitrogens with one attached hydrogen (secondary N) is 1. The van der Waals surface area contributed by atoms with Crippen LogP contribution >= 0.6 is 0 Å². The zero-order valence-electron chi connectivity index (χ0n) is 13.5. The van der Waals surface area contributed by atoms with Crippen molar-refractivity contribution in [2.45, 2.75) is 66.2 Å². The molecule has 2 heteroatoms. The van der Waals surface area contributed by atoms with Crippen LogP contribution in [0.15, 0.2) is 18.2 Å². The van der Waals surface area contributed by atoms with Gasteiger partial charge in [-0.1, -0.05) is 45.9 Å². The molecule has 0 radical (unpaired) electrons. The third-order valence-electron chi connectivity index (χ3n) is 4.23. The van der Waals surface area contributed by atoms with E-state index in [0.717, 1.165) is 19.8 Å². The third-order valence-corrected chi connectivity index (χ3v) is 4.23. The number of ether oxygens (including phenoxy) is 1. The zero-order valence-corrected chi connectivity index (χ0v) is 13.5. The zero-order chi connectivity index (χ0) is 14.6. The molecule has 0 spiro atoms. The molecule has 112 valence electrons. The molecule has 1 aliphatic rings. The lowest BCUT2D eigenvalue weighted by Crippen LogP contribution is -2.28. The molecule has 0 amide bonds. The third kappa shape index (κ3) is 4.60. The van der Waals surface area contributed by atoms with Gasteiger partial charge in [-0.15, -0.1) is 0 Å². The summed E-state index contributed by atoms with van der Waals surface area (Å²) in [5.41, 5.74) is 4.62. The Labute approximate surface area is 123 Å². The summed E-state index contributed by atoms with van der Waals surface area (Å²) >= 11 is 0. The highest BCUT2D eigenvalue weighted by Crippen LogP contribution is 2.28. The van der Waals surface area contributed by atoms with Crippen molar-refractivity contribution in [2.24, 2.45) is 5.41 Å². The van der Waals surface area contributed by atoms with Gasteiger partial charge < -0.3 is 10.1 Å². The van der Waals surface area contributed by atoms with Crippen LogP contribution in [0, 0.1) is 5.41 Å². The second-order valence-electron chi connectivity index (χ2n) is 7.12. The Morgan fingerprint density at radius 1 is 1.15 bits per heavy atom. The largest absolute Gasteiger partial charge is 0.372 e. The van der Waals surface area contributed by atoms with Crippen LogP contribution in [0.5, 0.6) is 0 Å². The van der Waals surface area contributed by atoms with E-state index in [9.17, 15) is 0 Å². The lowest BCUT2D eigenvalue weighted by Gasteiger charge is -2.25. The van der Waals surface area contributed by atoms with E-state index < -0.39 is 0 Å². The van der Waals surface area contributed by atoms with E-state index >= 15 is 0 Å². The Hall–Kier alpha value is -0.860. The molecule has 2 nitrogen and oxygen atoms in total. The standard InChI is InChI=1S/C18H29NO/c1-14(2)19-10-9-18(3,4)8-7-15-5-6-16-12-20-13-17(16)11-15/h5-6,11,14,19H,7-10,12-13H2,1-4H3. The number of hydrogen-bond donors (Lipinski definition) is 1. The van der Waals surface area contributed by atoms with Crippen molar-refractivity contribution < 1.29 is 4.74 Å². The number of fused-ring (bicyclic) bond motifs is 1. The second kappa shape index (κ2) is 6.73. The quantitative estimate of drug-likeness (QED) is 0.810. The summed E-state index contributed by atoms with van der Waals surface area (Å²) in [6, 6.07) is 7.44. The van der Waals surface area contributed by atoms with Crippen molar-refractivity contribution >= 4 is 0 Å². The van der Waals surface area contributed by atoms with Crippen LogP contribution in [0.4, 0.5) is 0 Å². The van der Waals surface area contributed by atoms with Crippen molar-refractivity contribution in [3.05, 3.63) is 34.9 Å². The summed E-state index contributed by atoms with van der Waals surface area (Å²) < 4.78 is 5.48. The Morgan fingerprint density at radius 3 is 2.65 bits per heavy atom. The first-order valence-corrected chi connectivity index (χ1v) is 7.88. The Morgan fingerprint density at radius 2 is 1.90 bits per heavy atom. The molecule has 20 heavy (non-hydrogen) atoms. The SMILES string of the molecule is CC(C)NCCC(C)(C)CCc1ccc2c(c1)COC2. The lowest BCUT2D eigenvalue weighted by atomic mass is 9.83. The van der Waals surface area contributed by atoms with Crippen LogP contribution in [0.1, 0.15) is 57.2 Å². The van der Waals surface area contributed by atoms with Gasteiger partial charge in [0.05, 0.1) is 13.2 Å². The molecule has 0 saturated heterocycles. The molecule has 0 unspecified atom stereocenters. The van der Waals surface area contributed by atoms with Crippen molar-refractivity contribution in [3.63, 3.8) is 0 Å². The maximum atomic E-state index is 5.48. The Balaban J connectivity index is 1.81. The van der Waals surface area contributed by atoms with Crippen LogP contribution in [-0.2, 0) is 24.4 Å². The average Bonchev–Trinajstić information content (AvgIpc) is 2.83. The first-order chi connectivity index (χ1) is 9.46. The predicted octanol–water partition coefficient (Wildman–Crippen LogP) is 4.06. The van der Waals surface area contributed by atoms with E-state index in [0.29, 0.717) is 11.5 Å². The summed E-state index contributed by atoms with van der Waals surface area (Å²) in [5, 5.41) is 3.52. The minimum absolute atomic E-state index is 0.400. The van der Waals surface area contributed by atoms with Crippen molar-refractivity contribution in [2.75, 3.05) is 6.54 Å². The molecule has 0 bridgehead atoms. The first-order valence-electron chi connectivity index (χ1n) is 7.88. The number of hydrogen-bond acceptors (Lipinski definition) is 2. The van der Waals surface area contributed by atoms with Gasteiger partial charge in [0.2, 0.25) is 0 Å². The molecule has 2 rings (SSSR count). The Bertz CT molecular complexity index is 437. The molecule has 1 aliphatic heterocycles. The molecule has 1 N–H and O–H groups in total. The van der Waals surface area contributed by atoms with E-state index in [2.05, 4.69) is 51.2 Å². The fraction of sp³-hybridized carbons (Fsp3) is 0.667. The predicted molar refractivity (Wildman–Crippen MR) is 84.8 cm³/mol. The van der Waals surface area contributed by atoms with Gasteiger partial charge in [0.1, 0.15) is 0 Å². The highest BCUT2D eigenvalue weighted by atomic mass is 16.5. The summed E-state index contributed by atoms with van der Waals surface area (Å²) in [6.45, 7) is 11.9. The molecular formula is C18H29NO. The topological polar surface area (TPSA) is 21.3 Å². The summed E-state index contributed by atoms with van der Waals surface area (Å²) in [6.07, 6.45) is 3.65. The lowest BCUT2D eigenvalue weighted by molar-refractivity contribution is 0.134. The Kier molecular flexibility index (Phi) is 5.22. The molecule has 0 fully saturated rings. The van der Waals surface area contributed by atoms with E-state index in [1.807, 2.05) is 0 Å². The maximum absolute atomic E-state index is 5.48. The minimum atomic E-state index is 0.400. The van der Waals surface area contributed by atoms with E-state index in [1.54, 1.807) is 0 Å². The minimum Gasteiger partial charge on any atom is -0.372 e. The highest BCUT2D eigenvalue weighted by molar-refractivity contribution is 5.33. The van der Waals surface area contributed by atoms with E-state index in [4.69, 9.17) is 4.74 Å². The smallest absolute Gasteiger partial charge is 0.0725 e. The molecule has 0 atom stereocenters. The van der Waals surface area contributed by atoms with Crippen LogP contribution in [0.2, 0.25) is 0 Å². The van der Waals surface area contributed by atoms with Gasteiger partial charge in [-0.25, -0.2) is 0 Å². The maximum Gasteiger partial charge on any atom is 0.0725 e. The normalized spacial score (nSPS) is 14.8. The highest BCUT2D eigenvalue weighted by Gasteiger charge is 2.18. The van der Waals surface area contributed by atoms with Crippen molar-refractivity contribution in [1.29, 1.82) is 0 Å². The van der Waals surface area contributed by atoms with Gasteiger partial charge in [-0.2, -0.15) is 0 Å². The number of rotatable bonds is 7. The average molecular weight is 275 g/mol. The fourth-order valence-electron chi connectivity index (χ4n) is 2.69. The van der Waals surface area contributed by atoms with Gasteiger partial charge in [0.25, 0.3) is 0 Å². The summed E-state index contributed by atoms with van der Waals surface area (Å²) in [4.78, 5) is 0. The van der Waals surface area contributed by atoms with Gasteiger partial charge in [0, 0.05) is 6.04 Å². The molecule has 0 saturated carbocycles. The van der Waals surface area contributed by atoms with Gasteiger partial charge in [-0.3, -0.25) is 0 Å².